The van der Waals surface area contributed by atoms with Crippen molar-refractivity contribution in [2.24, 2.45) is 0 Å². The summed E-state index contributed by atoms with van der Waals surface area (Å²) in [7, 11) is -4.76. The first-order valence-corrected chi connectivity index (χ1v) is 31.3. The molecule has 74 heavy (non-hydrogen) atoms. The van der Waals surface area contributed by atoms with Crippen molar-refractivity contribution < 1.29 is 52.2 Å². The molecule has 0 aliphatic carbocycles. The van der Waals surface area contributed by atoms with Crippen molar-refractivity contribution in [2.45, 2.75) is 277 Å². The summed E-state index contributed by atoms with van der Waals surface area (Å²) in [5.74, 6) is -1.49. The van der Waals surface area contributed by atoms with Gasteiger partial charge in [0, 0.05) is 19.3 Å². The highest BCUT2D eigenvalue weighted by Crippen LogP contribution is 2.43. The Morgan fingerprint density at radius 3 is 1.11 bits per heavy atom. The van der Waals surface area contributed by atoms with Crippen molar-refractivity contribution in [3.63, 3.8) is 0 Å². The normalized spacial score (nSPS) is 13.9. The van der Waals surface area contributed by atoms with Gasteiger partial charge in [0.15, 0.2) is 6.10 Å². The van der Waals surface area contributed by atoms with E-state index in [1.807, 2.05) is 0 Å². The maximum Gasteiger partial charge on any atom is 0.472 e. The number of unbranched alkanes of at least 4 members (excludes halogenated alkanes) is 26. The van der Waals surface area contributed by atoms with Gasteiger partial charge in [0.25, 0.3) is 0 Å². The molecule has 0 bridgehead atoms. The van der Waals surface area contributed by atoms with E-state index in [1.165, 1.54) is 96.3 Å². The van der Waals surface area contributed by atoms with Gasteiger partial charge < -0.3 is 24.2 Å². The molecular formula is C62H109O11P. The van der Waals surface area contributed by atoms with Crippen LogP contribution in [0, 0.1) is 0 Å². The molecule has 2 N–H and O–H groups in total. The zero-order valence-corrected chi connectivity index (χ0v) is 48.2. The van der Waals surface area contributed by atoms with Crippen molar-refractivity contribution in [2.75, 3.05) is 26.4 Å². The molecule has 0 aliphatic heterocycles. The molecule has 428 valence electrons. The van der Waals surface area contributed by atoms with E-state index >= 15 is 0 Å². The van der Waals surface area contributed by atoms with Gasteiger partial charge >= 0.3 is 25.7 Å². The predicted molar refractivity (Wildman–Crippen MR) is 307 cm³/mol. The molecule has 0 fully saturated rings. The molecule has 0 saturated carbocycles. The second kappa shape index (κ2) is 56.1. The van der Waals surface area contributed by atoms with E-state index in [2.05, 4.69) is 93.7 Å². The second-order valence-corrected chi connectivity index (χ2v) is 21.2. The number of aliphatic hydroxyl groups is 1. The number of rotatable bonds is 55. The molecule has 0 aromatic rings. The fourth-order valence-electron chi connectivity index (χ4n) is 8.08. The SMILES string of the molecule is CC/C=C\C/C=C\C/C=C\C/C=C\CCCCCCC(=O)OCC(COP(=O)(O)OCC(CO)OC(=O)CCCCCCCCCCCCCCC)OC(=O)CCCCCCCCC/C=C\C/C=C\CCCCC. The van der Waals surface area contributed by atoms with Crippen LogP contribution in [0.2, 0.25) is 0 Å². The summed E-state index contributed by atoms with van der Waals surface area (Å²) in [6.07, 6.45) is 62.8. The van der Waals surface area contributed by atoms with Crippen LogP contribution in [0.25, 0.3) is 0 Å². The number of carbonyl (C=O) groups excluding carboxylic acids is 3. The summed E-state index contributed by atoms with van der Waals surface area (Å²) in [5, 5.41) is 9.82. The van der Waals surface area contributed by atoms with Crippen molar-refractivity contribution >= 4 is 25.7 Å². The number of allylic oxidation sites excluding steroid dienone is 12. The van der Waals surface area contributed by atoms with E-state index in [0.29, 0.717) is 19.3 Å². The summed E-state index contributed by atoms with van der Waals surface area (Å²) >= 11 is 0. The maximum atomic E-state index is 12.9. The molecule has 11 nitrogen and oxygen atoms in total. The molecule has 0 rings (SSSR count). The lowest BCUT2D eigenvalue weighted by Gasteiger charge is -2.21. The number of phosphoric acid groups is 1. The number of phosphoric ester groups is 1. The average Bonchev–Trinajstić information content (AvgIpc) is 3.39. The average molecular weight is 1060 g/mol. The molecule has 0 spiro atoms. The van der Waals surface area contributed by atoms with Crippen LogP contribution in [0.3, 0.4) is 0 Å². The second-order valence-electron chi connectivity index (χ2n) is 19.8. The highest BCUT2D eigenvalue weighted by molar-refractivity contribution is 7.47. The minimum Gasteiger partial charge on any atom is -0.462 e. The molecule has 0 aliphatic rings. The first kappa shape index (κ1) is 70.9. The van der Waals surface area contributed by atoms with Crippen LogP contribution in [0.1, 0.15) is 265 Å². The Hall–Kier alpha value is -3.08. The molecular weight excluding hydrogens is 952 g/mol. The molecule has 0 heterocycles. The van der Waals surface area contributed by atoms with Crippen LogP contribution >= 0.6 is 7.82 Å². The largest absolute Gasteiger partial charge is 0.472 e. The Morgan fingerprint density at radius 1 is 0.392 bits per heavy atom. The highest BCUT2D eigenvalue weighted by Gasteiger charge is 2.28. The van der Waals surface area contributed by atoms with E-state index in [1.54, 1.807) is 0 Å². The molecule has 3 unspecified atom stereocenters. The van der Waals surface area contributed by atoms with Gasteiger partial charge in [-0.3, -0.25) is 23.4 Å². The number of carbonyl (C=O) groups is 3. The third kappa shape index (κ3) is 53.7. The standard InChI is InChI=1S/C62H109O11P/c1-4-7-10-13-16-19-22-25-27-29-31-34-36-39-42-45-48-51-60(64)69-55-59(73-62(66)53-50-47-44-41-38-35-32-30-28-26-23-20-17-14-11-8-5-2)57-71-74(67,68)70-56-58(54-63)72-61(65)52-49-46-43-40-37-33-24-21-18-15-12-9-6-3/h7,10,16-17,19-20,25-28,31,34,58-59,63H,4-6,8-9,11-15,18,21-24,29-30,32-33,35-57H2,1-3H3,(H,67,68)/b10-7-,19-16-,20-17-,27-25-,28-26-,34-31-. The van der Waals surface area contributed by atoms with E-state index < -0.39 is 57.8 Å². The van der Waals surface area contributed by atoms with Gasteiger partial charge in [-0.05, 0) is 89.9 Å². The van der Waals surface area contributed by atoms with Gasteiger partial charge in [0.05, 0.1) is 19.8 Å². The summed E-state index contributed by atoms with van der Waals surface area (Å²) in [4.78, 5) is 48.6. The summed E-state index contributed by atoms with van der Waals surface area (Å²) in [5.41, 5.74) is 0. The van der Waals surface area contributed by atoms with Gasteiger partial charge in [0.2, 0.25) is 0 Å². The lowest BCUT2D eigenvalue weighted by Crippen LogP contribution is -2.30. The number of aliphatic hydroxyl groups excluding tert-OH is 1. The van der Waals surface area contributed by atoms with Gasteiger partial charge in [-0.15, -0.1) is 0 Å². The van der Waals surface area contributed by atoms with Crippen molar-refractivity contribution in [1.29, 1.82) is 0 Å². The molecule has 0 aromatic carbocycles. The molecule has 0 saturated heterocycles. The summed E-state index contributed by atoms with van der Waals surface area (Å²) in [6.45, 7) is 4.49. The lowest BCUT2D eigenvalue weighted by molar-refractivity contribution is -0.161. The van der Waals surface area contributed by atoms with Crippen LogP contribution in [-0.4, -0.2) is 66.5 Å². The van der Waals surface area contributed by atoms with Gasteiger partial charge in [-0.25, -0.2) is 4.57 Å². The minimum absolute atomic E-state index is 0.152. The van der Waals surface area contributed by atoms with Crippen LogP contribution in [0.5, 0.6) is 0 Å². The zero-order valence-electron chi connectivity index (χ0n) is 47.3. The minimum atomic E-state index is -4.76. The highest BCUT2D eigenvalue weighted by atomic mass is 31.2. The van der Waals surface area contributed by atoms with Gasteiger partial charge in [0.1, 0.15) is 12.7 Å². The predicted octanol–water partition coefficient (Wildman–Crippen LogP) is 17.7. The molecule has 0 aromatic heterocycles. The first-order valence-electron chi connectivity index (χ1n) is 29.8. The molecule has 0 amide bonds. The van der Waals surface area contributed by atoms with Crippen LogP contribution in [-0.2, 0) is 42.2 Å². The van der Waals surface area contributed by atoms with Crippen molar-refractivity contribution in [3.8, 4) is 0 Å². The van der Waals surface area contributed by atoms with Crippen LogP contribution in [0.4, 0.5) is 0 Å². The Labute approximate surface area is 452 Å². The summed E-state index contributed by atoms with van der Waals surface area (Å²) in [6, 6.07) is 0. The van der Waals surface area contributed by atoms with Crippen LogP contribution in [0.15, 0.2) is 72.9 Å². The smallest absolute Gasteiger partial charge is 0.462 e. The number of esters is 3. The Kier molecular flexibility index (Phi) is 53.8. The Bertz CT molecular complexity index is 1520. The van der Waals surface area contributed by atoms with Gasteiger partial charge in [-0.1, -0.05) is 229 Å². The number of hydrogen-bond donors (Lipinski definition) is 2. The fourth-order valence-corrected chi connectivity index (χ4v) is 8.87. The van der Waals surface area contributed by atoms with Crippen molar-refractivity contribution in [1.82, 2.24) is 0 Å². The van der Waals surface area contributed by atoms with Gasteiger partial charge in [-0.2, -0.15) is 0 Å². The van der Waals surface area contributed by atoms with Crippen LogP contribution < -0.4 is 0 Å². The Balaban J connectivity index is 4.77. The molecule has 12 heteroatoms. The first-order chi connectivity index (χ1) is 36.2. The fraction of sp³-hybridized carbons (Fsp3) is 0.758. The van der Waals surface area contributed by atoms with E-state index in [9.17, 15) is 28.9 Å². The lowest BCUT2D eigenvalue weighted by atomic mass is 10.0. The zero-order chi connectivity index (χ0) is 54.1. The van der Waals surface area contributed by atoms with E-state index in [-0.39, 0.29) is 25.9 Å². The molecule has 3 atom stereocenters. The monoisotopic (exact) mass is 1060 g/mol. The number of ether oxygens (including phenoxy) is 3. The van der Waals surface area contributed by atoms with Crippen molar-refractivity contribution in [3.05, 3.63) is 72.9 Å². The summed E-state index contributed by atoms with van der Waals surface area (Å²) < 4.78 is 39.5. The molecule has 0 radical (unpaired) electrons. The quantitative estimate of drug-likeness (QED) is 0.0197. The maximum absolute atomic E-state index is 12.9. The third-order valence-electron chi connectivity index (χ3n) is 12.6. The third-order valence-corrected chi connectivity index (χ3v) is 13.6. The topological polar surface area (TPSA) is 155 Å². The van der Waals surface area contributed by atoms with E-state index in [0.717, 1.165) is 109 Å². The Morgan fingerprint density at radius 2 is 0.703 bits per heavy atom. The number of hydrogen-bond acceptors (Lipinski definition) is 10. The van der Waals surface area contributed by atoms with E-state index in [4.69, 9.17) is 23.3 Å².